The maximum Gasteiger partial charge on any atom is 0.252 e. The molecule has 13 nitrogen and oxygen atoms in total. The van der Waals surface area contributed by atoms with Crippen molar-refractivity contribution in [3.05, 3.63) is 94.7 Å². The molecule has 4 heterocycles. The van der Waals surface area contributed by atoms with Gasteiger partial charge in [0, 0.05) is 82.7 Å². The quantitative estimate of drug-likeness (QED) is 0.138. The van der Waals surface area contributed by atoms with Gasteiger partial charge in [-0.1, -0.05) is 50.2 Å². The Morgan fingerprint density at radius 1 is 0.705 bits per heavy atom. The van der Waals surface area contributed by atoms with Crippen LogP contribution in [0.15, 0.2) is 92.0 Å². The third-order valence-electron chi connectivity index (χ3n) is 11.1. The van der Waals surface area contributed by atoms with E-state index >= 15 is 0 Å². The van der Waals surface area contributed by atoms with Gasteiger partial charge in [-0.05, 0) is 99.8 Å². The molecule has 3 N–H and O–H groups in total. The molecule has 17 heteroatoms. The van der Waals surface area contributed by atoms with Crippen molar-refractivity contribution in [2.24, 2.45) is 0 Å². The number of benzene rings is 2. The van der Waals surface area contributed by atoms with E-state index in [2.05, 4.69) is 29.0 Å². The first-order valence-electron chi connectivity index (χ1n) is 20.8. The Bertz CT molecular complexity index is 2220. The first-order chi connectivity index (χ1) is 28.5. The van der Waals surface area contributed by atoms with Gasteiger partial charge in [-0.15, -0.1) is 22.7 Å². The van der Waals surface area contributed by atoms with Gasteiger partial charge in [0.05, 0.1) is 23.3 Å². The molecule has 2 aliphatic rings. The molecule has 2 fully saturated rings. The van der Waals surface area contributed by atoms with Crippen LogP contribution in [0.25, 0.3) is 0 Å². The van der Waals surface area contributed by atoms with E-state index in [0.29, 0.717) is 66.8 Å². The van der Waals surface area contributed by atoms with Gasteiger partial charge >= 0.3 is 0 Å². The van der Waals surface area contributed by atoms with Crippen molar-refractivity contribution in [3.8, 4) is 0 Å². The van der Waals surface area contributed by atoms with Crippen molar-refractivity contribution in [2.75, 3.05) is 62.2 Å². The molecular formula is C44H64N6O7S4. The number of sulfonamides is 2. The zero-order chi connectivity index (χ0) is 44.9. The maximum absolute atomic E-state index is 13.2. The van der Waals surface area contributed by atoms with Gasteiger partial charge in [-0.25, -0.2) is 16.8 Å². The lowest BCUT2D eigenvalue weighted by Crippen LogP contribution is -2.59. The number of nitrogens with one attached hydrogen (secondary N) is 1. The Labute approximate surface area is 371 Å². The summed E-state index contributed by atoms with van der Waals surface area (Å²) in [5.41, 5.74) is 1.84. The fourth-order valence-corrected chi connectivity index (χ4v) is 12.8. The smallest absolute Gasteiger partial charge is 0.252 e. The fourth-order valence-electron chi connectivity index (χ4n) is 7.60. The van der Waals surface area contributed by atoms with E-state index < -0.39 is 31.2 Å². The number of aliphatic hydroxyl groups is 2. The van der Waals surface area contributed by atoms with Crippen LogP contribution in [0.4, 0.5) is 11.4 Å². The van der Waals surface area contributed by atoms with E-state index in [9.17, 15) is 31.8 Å². The highest BCUT2D eigenvalue weighted by Gasteiger charge is 2.37. The third kappa shape index (κ3) is 12.2. The minimum atomic E-state index is -3.57. The molecule has 2 aliphatic heterocycles. The molecule has 6 rings (SSSR count). The normalized spacial score (nSPS) is 18.6. The van der Waals surface area contributed by atoms with Crippen molar-refractivity contribution < 1.29 is 31.8 Å². The summed E-state index contributed by atoms with van der Waals surface area (Å²) in [6.45, 7) is 20.5. The van der Waals surface area contributed by atoms with Crippen molar-refractivity contribution in [1.82, 2.24) is 18.8 Å². The van der Waals surface area contributed by atoms with Crippen LogP contribution >= 0.6 is 22.7 Å². The van der Waals surface area contributed by atoms with Gasteiger partial charge in [0.1, 0.15) is 8.42 Å². The number of amides is 1. The summed E-state index contributed by atoms with van der Waals surface area (Å²) >= 11 is 2.48. The van der Waals surface area contributed by atoms with Crippen molar-refractivity contribution >= 4 is 60.0 Å². The number of rotatable bonds is 14. The second kappa shape index (κ2) is 20.0. The summed E-state index contributed by atoms with van der Waals surface area (Å²) in [4.78, 5) is 18.5. The average molecular weight is 917 g/mol. The van der Waals surface area contributed by atoms with Crippen LogP contribution in [-0.4, -0.2) is 123 Å². The molecule has 0 saturated carbocycles. The molecule has 2 saturated heterocycles. The molecule has 2 aromatic carbocycles. The summed E-state index contributed by atoms with van der Waals surface area (Å²) in [6.07, 6.45) is 0. The Balaban J connectivity index is 0.000000232. The van der Waals surface area contributed by atoms with Gasteiger partial charge < -0.3 is 30.2 Å². The number of hydrogen-bond donors (Lipinski definition) is 3. The average Bonchev–Trinajstić information content (AvgIpc) is 3.96. The van der Waals surface area contributed by atoms with E-state index in [4.69, 9.17) is 0 Å². The van der Waals surface area contributed by atoms with E-state index in [1.54, 1.807) is 78.8 Å². The number of anilines is 2. The summed E-state index contributed by atoms with van der Waals surface area (Å²) in [6, 6.07) is 22.6. The predicted molar refractivity (Wildman–Crippen MR) is 247 cm³/mol. The zero-order valence-electron chi connectivity index (χ0n) is 36.9. The molecule has 0 aliphatic carbocycles. The second-order valence-corrected chi connectivity index (χ2v) is 23.5. The molecule has 0 spiro atoms. The molecule has 2 atom stereocenters. The number of piperazine rings is 2. The highest BCUT2D eigenvalue weighted by atomic mass is 32.3. The molecule has 1 amide bonds. The number of hydrogen-bond acceptors (Lipinski definition) is 12. The Kier molecular flexibility index (Phi) is 15.9. The minimum Gasteiger partial charge on any atom is -0.386 e. The summed E-state index contributed by atoms with van der Waals surface area (Å²) in [5.74, 6) is -0.0319. The van der Waals surface area contributed by atoms with E-state index in [1.165, 1.54) is 27.0 Å². The van der Waals surface area contributed by atoms with Gasteiger partial charge in [-0.2, -0.15) is 8.61 Å². The minimum absolute atomic E-state index is 0.0104. The SMILES string of the molecule is CC(=O)N(C[C@H]1CN(S(=O)(=O)c2cccs2)CCN1c1ccc(C(C)(C)O)cc1)C(C)C.CC(C)NC[C@H]1CN(S(=O)(=O)c2cccs2)CCN1c1ccc(C(C)(C)O)cc1. The van der Waals surface area contributed by atoms with Crippen LogP contribution in [-0.2, 0) is 36.0 Å². The first-order valence-corrected chi connectivity index (χ1v) is 25.4. The number of carbonyl (C=O) groups excluding carboxylic acids is 1. The maximum atomic E-state index is 13.2. The van der Waals surface area contributed by atoms with Crippen molar-refractivity contribution in [1.29, 1.82) is 0 Å². The molecular weight excluding hydrogens is 853 g/mol. The summed E-state index contributed by atoms with van der Waals surface area (Å²) in [7, 11) is -7.03. The highest BCUT2D eigenvalue weighted by Crippen LogP contribution is 2.31. The molecule has 61 heavy (non-hydrogen) atoms. The van der Waals surface area contributed by atoms with E-state index in [0.717, 1.165) is 22.5 Å². The van der Waals surface area contributed by atoms with E-state index in [-0.39, 0.29) is 24.0 Å². The van der Waals surface area contributed by atoms with E-state index in [1.807, 2.05) is 62.4 Å². The summed E-state index contributed by atoms with van der Waals surface area (Å²) < 4.78 is 56.2. The van der Waals surface area contributed by atoms with Crippen LogP contribution in [0.1, 0.15) is 73.4 Å². The van der Waals surface area contributed by atoms with Gasteiger partial charge in [0.15, 0.2) is 0 Å². The second-order valence-electron chi connectivity index (χ2n) is 17.3. The molecule has 0 bridgehead atoms. The lowest BCUT2D eigenvalue weighted by molar-refractivity contribution is -0.130. The highest BCUT2D eigenvalue weighted by molar-refractivity contribution is 7.91. The Morgan fingerprint density at radius 2 is 1.11 bits per heavy atom. The van der Waals surface area contributed by atoms with Crippen molar-refractivity contribution in [2.45, 2.75) is 106 Å². The molecule has 4 aromatic rings. The standard InChI is InChI=1S/C23H33N3O4S2.C21H31N3O3S2/c1-17(2)26(18(3)27)16-21-15-24(32(29,30)22-7-6-14-31-22)12-13-25(21)20-10-8-19(9-11-20)23(4,5)28;1-16(2)22-14-19-15-23(29(26,27)20-6-5-13-28-20)11-12-24(19)18-9-7-17(8-10-18)21(3,4)25/h6-11,14,17,21,28H,12-13,15-16H2,1-5H3;5-10,13,16,19,22,25H,11-12,14-15H2,1-4H3/t21-;19-/m10/s1. The molecule has 336 valence electrons. The first kappa shape index (κ1) is 48.6. The summed E-state index contributed by atoms with van der Waals surface area (Å²) in [5, 5.41) is 27.5. The number of nitrogens with zero attached hydrogens (tertiary/aromatic N) is 5. The fraction of sp³-hybridized carbons (Fsp3) is 0.523. The lowest BCUT2D eigenvalue weighted by Gasteiger charge is -2.44. The van der Waals surface area contributed by atoms with Crippen LogP contribution in [0.5, 0.6) is 0 Å². The Morgan fingerprint density at radius 3 is 1.46 bits per heavy atom. The van der Waals surface area contributed by atoms with Crippen LogP contribution in [0, 0.1) is 0 Å². The van der Waals surface area contributed by atoms with Crippen LogP contribution in [0.3, 0.4) is 0 Å². The molecule has 2 aromatic heterocycles. The number of thiophene rings is 2. The monoisotopic (exact) mass is 916 g/mol. The zero-order valence-corrected chi connectivity index (χ0v) is 40.1. The number of carbonyl (C=O) groups is 1. The molecule has 0 radical (unpaired) electrons. The van der Waals surface area contributed by atoms with Crippen LogP contribution < -0.4 is 15.1 Å². The van der Waals surface area contributed by atoms with Gasteiger partial charge in [0.2, 0.25) is 5.91 Å². The largest absolute Gasteiger partial charge is 0.386 e. The van der Waals surface area contributed by atoms with Crippen molar-refractivity contribution in [3.63, 3.8) is 0 Å². The third-order valence-corrected chi connectivity index (χ3v) is 17.6. The predicted octanol–water partition coefficient (Wildman–Crippen LogP) is 5.96. The Hall–Kier alpha value is -3.39. The van der Waals surface area contributed by atoms with Crippen LogP contribution in [0.2, 0.25) is 0 Å². The van der Waals surface area contributed by atoms with Gasteiger partial charge in [0.25, 0.3) is 20.0 Å². The topological polar surface area (TPSA) is 154 Å². The molecule has 0 unspecified atom stereocenters. The van der Waals surface area contributed by atoms with Gasteiger partial charge in [-0.3, -0.25) is 4.79 Å². The lowest BCUT2D eigenvalue weighted by atomic mass is 9.98.